The van der Waals surface area contributed by atoms with Crippen LogP contribution in [0.2, 0.25) is 0 Å². The third-order valence-electron chi connectivity index (χ3n) is 3.83. The summed E-state index contributed by atoms with van der Waals surface area (Å²) in [5.41, 5.74) is 0.483. The van der Waals surface area contributed by atoms with Crippen LogP contribution in [0.5, 0.6) is 0 Å². The summed E-state index contributed by atoms with van der Waals surface area (Å²) in [6, 6.07) is 0.612. The molecule has 1 rings (SSSR count). The molecule has 1 fully saturated rings. The molecular weight excluding hydrogens is 258 g/mol. The van der Waals surface area contributed by atoms with Crippen molar-refractivity contribution in [2.75, 3.05) is 19.3 Å². The van der Waals surface area contributed by atoms with Crippen LogP contribution in [0.1, 0.15) is 46.0 Å². The quantitative estimate of drug-likeness (QED) is 0.727. The normalized spacial score (nSPS) is 21.9. The number of nitrogens with zero attached hydrogens (tertiary/aromatic N) is 1. The lowest BCUT2D eigenvalue weighted by Crippen LogP contribution is -2.38. The van der Waals surface area contributed by atoms with Gasteiger partial charge in [0.2, 0.25) is 9.05 Å². The van der Waals surface area contributed by atoms with Gasteiger partial charge in [-0.1, -0.05) is 13.8 Å². The van der Waals surface area contributed by atoms with E-state index < -0.39 is 9.05 Å². The topological polar surface area (TPSA) is 37.4 Å². The van der Waals surface area contributed by atoms with Crippen molar-refractivity contribution < 1.29 is 8.42 Å². The van der Waals surface area contributed by atoms with E-state index in [1.807, 2.05) is 0 Å². The highest BCUT2D eigenvalue weighted by Crippen LogP contribution is 2.36. The van der Waals surface area contributed by atoms with Crippen LogP contribution in [-0.2, 0) is 9.05 Å². The fourth-order valence-electron chi connectivity index (χ4n) is 2.49. The maximum Gasteiger partial charge on any atom is 0.232 e. The van der Waals surface area contributed by atoms with Crippen molar-refractivity contribution in [2.45, 2.75) is 52.0 Å². The SMILES string of the molecule is CN(CCCS(=O)(=O)Cl)C1CCC(C)(C)CC1. The van der Waals surface area contributed by atoms with Gasteiger partial charge in [0.05, 0.1) is 5.75 Å². The molecule has 1 aliphatic rings. The van der Waals surface area contributed by atoms with Crippen LogP contribution in [-0.4, -0.2) is 38.7 Å². The first-order valence-electron chi connectivity index (χ1n) is 6.32. The average Bonchev–Trinajstić information content (AvgIpc) is 2.15. The fraction of sp³-hybridized carbons (Fsp3) is 1.00. The highest BCUT2D eigenvalue weighted by molar-refractivity contribution is 8.13. The zero-order valence-corrected chi connectivity index (χ0v) is 12.6. The Labute approximate surface area is 110 Å². The number of halogens is 1. The third-order valence-corrected chi connectivity index (χ3v) is 5.07. The Morgan fingerprint density at radius 3 is 2.29 bits per heavy atom. The molecule has 0 aromatic carbocycles. The van der Waals surface area contributed by atoms with Crippen molar-refractivity contribution >= 4 is 19.7 Å². The third kappa shape index (κ3) is 6.07. The summed E-state index contributed by atoms with van der Waals surface area (Å²) < 4.78 is 21.6. The molecule has 0 radical (unpaired) electrons. The molecule has 0 aromatic rings. The summed E-state index contributed by atoms with van der Waals surface area (Å²) in [5.74, 6) is 0.0805. The summed E-state index contributed by atoms with van der Waals surface area (Å²) in [4.78, 5) is 2.29. The number of hydrogen-bond donors (Lipinski definition) is 0. The standard InChI is InChI=1S/C12H24ClNO2S/c1-12(2)7-5-11(6-8-12)14(3)9-4-10-17(13,15)16/h11H,4-10H2,1-3H3. The van der Waals surface area contributed by atoms with Crippen LogP contribution in [0, 0.1) is 5.41 Å². The first-order valence-corrected chi connectivity index (χ1v) is 8.80. The Kier molecular flexibility index (Phi) is 5.29. The van der Waals surface area contributed by atoms with E-state index in [-0.39, 0.29) is 5.75 Å². The molecule has 102 valence electrons. The van der Waals surface area contributed by atoms with Gasteiger partial charge in [-0.15, -0.1) is 0 Å². The molecule has 0 atom stereocenters. The number of hydrogen-bond acceptors (Lipinski definition) is 3. The van der Waals surface area contributed by atoms with Crippen molar-refractivity contribution in [2.24, 2.45) is 5.41 Å². The summed E-state index contributed by atoms with van der Waals surface area (Å²) in [5, 5.41) is 0. The molecule has 0 aromatic heterocycles. The fourth-order valence-corrected chi connectivity index (χ4v) is 3.29. The van der Waals surface area contributed by atoms with Crippen LogP contribution in [0.15, 0.2) is 0 Å². The molecule has 0 heterocycles. The van der Waals surface area contributed by atoms with Gasteiger partial charge in [-0.05, 0) is 51.1 Å². The molecule has 0 amide bonds. The molecule has 0 spiro atoms. The van der Waals surface area contributed by atoms with Gasteiger partial charge in [-0.2, -0.15) is 0 Å². The Morgan fingerprint density at radius 1 is 1.29 bits per heavy atom. The minimum Gasteiger partial charge on any atom is -0.303 e. The summed E-state index contributed by atoms with van der Waals surface area (Å²) in [6.07, 6.45) is 5.59. The van der Waals surface area contributed by atoms with Crippen molar-refractivity contribution in [3.8, 4) is 0 Å². The van der Waals surface area contributed by atoms with Gasteiger partial charge in [0.15, 0.2) is 0 Å². The predicted octanol–water partition coefficient (Wildman–Crippen LogP) is 2.85. The lowest BCUT2D eigenvalue weighted by Gasteiger charge is -2.38. The molecule has 5 heteroatoms. The second-order valence-electron chi connectivity index (χ2n) is 5.97. The molecule has 0 N–H and O–H groups in total. The van der Waals surface area contributed by atoms with E-state index in [9.17, 15) is 8.42 Å². The van der Waals surface area contributed by atoms with Gasteiger partial charge in [0.1, 0.15) is 0 Å². The minimum absolute atomic E-state index is 0.0805. The van der Waals surface area contributed by atoms with E-state index in [0.29, 0.717) is 17.9 Å². The van der Waals surface area contributed by atoms with E-state index in [2.05, 4.69) is 25.8 Å². The highest BCUT2D eigenvalue weighted by atomic mass is 35.7. The maximum absolute atomic E-state index is 10.8. The monoisotopic (exact) mass is 281 g/mol. The largest absolute Gasteiger partial charge is 0.303 e. The van der Waals surface area contributed by atoms with E-state index in [0.717, 1.165) is 6.54 Å². The van der Waals surface area contributed by atoms with Crippen LogP contribution >= 0.6 is 10.7 Å². The second-order valence-corrected chi connectivity index (χ2v) is 8.87. The molecule has 1 aliphatic carbocycles. The van der Waals surface area contributed by atoms with Gasteiger partial charge in [-0.3, -0.25) is 0 Å². The second kappa shape index (κ2) is 5.89. The molecule has 3 nitrogen and oxygen atoms in total. The smallest absolute Gasteiger partial charge is 0.232 e. The van der Waals surface area contributed by atoms with Crippen LogP contribution in [0.25, 0.3) is 0 Å². The molecular formula is C12H24ClNO2S. The molecule has 0 bridgehead atoms. The van der Waals surface area contributed by atoms with Crippen molar-refractivity contribution in [3.05, 3.63) is 0 Å². The zero-order chi connectivity index (χ0) is 13.1. The van der Waals surface area contributed by atoms with Crippen LogP contribution < -0.4 is 0 Å². The van der Waals surface area contributed by atoms with Gasteiger partial charge in [0.25, 0.3) is 0 Å². The van der Waals surface area contributed by atoms with Crippen molar-refractivity contribution in [1.82, 2.24) is 4.90 Å². The molecule has 1 saturated carbocycles. The molecule has 0 aliphatic heterocycles. The summed E-state index contributed by atoms with van der Waals surface area (Å²) >= 11 is 0. The van der Waals surface area contributed by atoms with Crippen LogP contribution in [0.3, 0.4) is 0 Å². The predicted molar refractivity (Wildman–Crippen MR) is 72.9 cm³/mol. The Balaban J connectivity index is 2.27. The van der Waals surface area contributed by atoms with E-state index in [1.54, 1.807) is 0 Å². The first-order chi connectivity index (χ1) is 7.70. The van der Waals surface area contributed by atoms with E-state index >= 15 is 0 Å². The minimum atomic E-state index is -3.32. The van der Waals surface area contributed by atoms with Gasteiger partial charge < -0.3 is 4.90 Å². The van der Waals surface area contributed by atoms with Crippen LogP contribution in [0.4, 0.5) is 0 Å². The van der Waals surface area contributed by atoms with E-state index in [4.69, 9.17) is 10.7 Å². The maximum atomic E-state index is 10.8. The lowest BCUT2D eigenvalue weighted by molar-refractivity contribution is 0.128. The van der Waals surface area contributed by atoms with Crippen molar-refractivity contribution in [1.29, 1.82) is 0 Å². The Hall–Kier alpha value is 0.200. The molecule has 17 heavy (non-hydrogen) atoms. The summed E-state index contributed by atoms with van der Waals surface area (Å²) in [7, 11) is 3.96. The zero-order valence-electron chi connectivity index (χ0n) is 11.1. The average molecular weight is 282 g/mol. The highest BCUT2D eigenvalue weighted by Gasteiger charge is 2.28. The summed E-state index contributed by atoms with van der Waals surface area (Å²) in [6.45, 7) is 5.46. The van der Waals surface area contributed by atoms with Gasteiger partial charge in [0, 0.05) is 16.7 Å². The van der Waals surface area contributed by atoms with Gasteiger partial charge in [-0.25, -0.2) is 8.42 Å². The molecule has 0 saturated heterocycles. The Morgan fingerprint density at radius 2 is 1.82 bits per heavy atom. The van der Waals surface area contributed by atoms with Crippen molar-refractivity contribution in [3.63, 3.8) is 0 Å². The first kappa shape index (κ1) is 15.3. The van der Waals surface area contributed by atoms with E-state index in [1.165, 1.54) is 25.7 Å². The van der Waals surface area contributed by atoms with Gasteiger partial charge >= 0.3 is 0 Å². The molecule has 0 unspecified atom stereocenters. The lowest BCUT2D eigenvalue weighted by atomic mass is 9.75. The number of rotatable bonds is 5. The Bertz CT molecular complexity index is 330.